The van der Waals surface area contributed by atoms with E-state index in [1.54, 1.807) is 0 Å². The van der Waals surface area contributed by atoms with Crippen LogP contribution in [0.15, 0.2) is 23.4 Å². The molecule has 162 valence electrons. The lowest BCUT2D eigenvalue weighted by atomic mass is 9.48. The summed E-state index contributed by atoms with van der Waals surface area (Å²) in [5, 5.41) is 14.8. The van der Waals surface area contributed by atoms with E-state index >= 15 is 0 Å². The molecule has 1 aromatic heterocycles. The molecule has 4 heteroatoms. The summed E-state index contributed by atoms with van der Waals surface area (Å²) in [7, 11) is 0. The van der Waals surface area contributed by atoms with Gasteiger partial charge < -0.3 is 5.11 Å². The molecule has 3 fully saturated rings. The van der Waals surface area contributed by atoms with Crippen molar-refractivity contribution in [3.63, 3.8) is 0 Å². The molecule has 0 aliphatic heterocycles. The summed E-state index contributed by atoms with van der Waals surface area (Å²) in [6, 6.07) is 0. The zero-order valence-electron chi connectivity index (χ0n) is 18.9. The summed E-state index contributed by atoms with van der Waals surface area (Å²) in [6.45, 7) is 9.67. The number of aliphatic hydroxyl groups is 1. The molecule has 3 saturated carbocycles. The van der Waals surface area contributed by atoms with E-state index < -0.39 is 0 Å². The third-order valence-electron chi connectivity index (χ3n) is 9.36. The lowest BCUT2D eigenvalue weighted by Crippen LogP contribution is -2.50. The van der Waals surface area contributed by atoms with Crippen LogP contribution in [-0.4, -0.2) is 26.8 Å². The molecule has 6 atom stereocenters. The van der Waals surface area contributed by atoms with Crippen LogP contribution < -0.4 is 0 Å². The van der Waals surface area contributed by atoms with Crippen LogP contribution in [0.3, 0.4) is 0 Å². The molecule has 0 aromatic carbocycles. The van der Waals surface area contributed by atoms with Crippen LogP contribution in [0.25, 0.3) is 6.08 Å². The first-order valence-electron chi connectivity index (χ1n) is 11.9. The van der Waals surface area contributed by atoms with Gasteiger partial charge in [-0.3, -0.25) is 9.48 Å². The number of hydrogen-bond donors (Lipinski definition) is 1. The minimum Gasteiger partial charge on any atom is -0.393 e. The first-order chi connectivity index (χ1) is 14.3. The Morgan fingerprint density at radius 1 is 1.20 bits per heavy atom. The maximum absolute atomic E-state index is 13.6. The number of carbonyl (C=O) groups excluding carboxylic acids is 1. The van der Waals surface area contributed by atoms with E-state index in [1.165, 1.54) is 5.57 Å². The van der Waals surface area contributed by atoms with Crippen molar-refractivity contribution in [2.75, 3.05) is 0 Å². The Kier molecular flexibility index (Phi) is 4.66. The number of hydrogen-bond acceptors (Lipinski definition) is 3. The number of aromatic nitrogens is 2. The molecular weight excluding hydrogens is 372 g/mol. The first kappa shape index (κ1) is 20.2. The quantitative estimate of drug-likeness (QED) is 0.547. The SMILES string of the molecule is CCn1cc(/C=C2/C[C@@H]3[C@@H]4CC=C5C[C@H](O)CC[C@]5(C)[C@@H]4CC[C@]3(C)C2=O)c(C)n1. The van der Waals surface area contributed by atoms with Gasteiger partial charge in [0.1, 0.15) is 0 Å². The summed E-state index contributed by atoms with van der Waals surface area (Å²) in [6.07, 6.45) is 13.5. The van der Waals surface area contributed by atoms with Gasteiger partial charge in [0.25, 0.3) is 0 Å². The number of fused-ring (bicyclic) bond motifs is 5. The van der Waals surface area contributed by atoms with Gasteiger partial charge in [0.15, 0.2) is 5.78 Å². The maximum atomic E-state index is 13.6. The van der Waals surface area contributed by atoms with Crippen molar-refractivity contribution in [3.05, 3.63) is 34.7 Å². The highest BCUT2D eigenvalue weighted by Crippen LogP contribution is 2.64. The zero-order chi connectivity index (χ0) is 21.3. The number of allylic oxidation sites excluding steroid dienone is 2. The second-order valence-electron chi connectivity index (χ2n) is 10.8. The highest BCUT2D eigenvalue weighted by Gasteiger charge is 2.59. The number of rotatable bonds is 2. The minimum atomic E-state index is -0.211. The second kappa shape index (κ2) is 6.91. The molecule has 0 amide bonds. The highest BCUT2D eigenvalue weighted by molar-refractivity contribution is 6.06. The summed E-state index contributed by atoms with van der Waals surface area (Å²) < 4.78 is 1.96. The van der Waals surface area contributed by atoms with Crippen molar-refractivity contribution in [1.29, 1.82) is 0 Å². The monoisotopic (exact) mass is 408 g/mol. The summed E-state index contributed by atoms with van der Waals surface area (Å²) in [5.41, 5.74) is 4.62. The number of nitrogens with zero attached hydrogens (tertiary/aromatic N) is 2. The molecule has 1 N–H and O–H groups in total. The first-order valence-corrected chi connectivity index (χ1v) is 11.9. The molecule has 1 heterocycles. The number of aryl methyl sites for hydroxylation is 2. The van der Waals surface area contributed by atoms with Gasteiger partial charge in [-0.05, 0) is 93.6 Å². The van der Waals surface area contributed by atoms with Crippen LogP contribution >= 0.6 is 0 Å². The molecule has 0 spiro atoms. The van der Waals surface area contributed by atoms with E-state index in [-0.39, 0.29) is 16.9 Å². The number of Topliss-reactive ketones (excluding diaryl/α,β-unsaturated/α-hetero) is 1. The van der Waals surface area contributed by atoms with Crippen molar-refractivity contribution in [3.8, 4) is 0 Å². The smallest absolute Gasteiger partial charge is 0.165 e. The fourth-order valence-corrected chi connectivity index (χ4v) is 7.47. The average Bonchev–Trinajstić information content (AvgIpc) is 3.20. The summed E-state index contributed by atoms with van der Waals surface area (Å²) in [5.74, 6) is 2.06. The largest absolute Gasteiger partial charge is 0.393 e. The molecule has 0 unspecified atom stereocenters. The Morgan fingerprint density at radius 2 is 1.97 bits per heavy atom. The van der Waals surface area contributed by atoms with Crippen LogP contribution in [0.1, 0.15) is 77.0 Å². The van der Waals surface area contributed by atoms with E-state index in [4.69, 9.17) is 0 Å². The van der Waals surface area contributed by atoms with Gasteiger partial charge >= 0.3 is 0 Å². The molecule has 4 nitrogen and oxygen atoms in total. The van der Waals surface area contributed by atoms with Gasteiger partial charge in [-0.2, -0.15) is 5.10 Å². The fraction of sp³-hybridized carbons (Fsp3) is 0.692. The Bertz CT molecular complexity index is 941. The molecule has 30 heavy (non-hydrogen) atoms. The van der Waals surface area contributed by atoms with E-state index in [1.807, 2.05) is 11.6 Å². The number of aliphatic hydroxyl groups excluding tert-OH is 1. The van der Waals surface area contributed by atoms with Crippen LogP contribution in [0, 0.1) is 35.5 Å². The number of ketones is 1. The van der Waals surface area contributed by atoms with Crippen LogP contribution in [0.2, 0.25) is 0 Å². The van der Waals surface area contributed by atoms with Crippen LogP contribution in [-0.2, 0) is 11.3 Å². The van der Waals surface area contributed by atoms with Gasteiger partial charge in [-0.15, -0.1) is 0 Å². The van der Waals surface area contributed by atoms with E-state index in [0.717, 1.165) is 68.3 Å². The lowest BCUT2D eigenvalue weighted by Gasteiger charge is -2.56. The van der Waals surface area contributed by atoms with Gasteiger partial charge in [-0.25, -0.2) is 0 Å². The van der Waals surface area contributed by atoms with E-state index in [2.05, 4.69) is 44.2 Å². The average molecular weight is 409 g/mol. The van der Waals surface area contributed by atoms with Crippen molar-refractivity contribution < 1.29 is 9.90 Å². The zero-order valence-corrected chi connectivity index (χ0v) is 18.9. The lowest BCUT2D eigenvalue weighted by molar-refractivity contribution is -0.130. The van der Waals surface area contributed by atoms with Gasteiger partial charge in [-0.1, -0.05) is 25.5 Å². The molecule has 4 aliphatic carbocycles. The Hall–Kier alpha value is -1.68. The normalized spacial score (nSPS) is 42.0. The summed E-state index contributed by atoms with van der Waals surface area (Å²) >= 11 is 0. The number of carbonyl (C=O) groups is 1. The van der Waals surface area contributed by atoms with Crippen molar-refractivity contribution >= 4 is 11.9 Å². The fourth-order valence-electron chi connectivity index (χ4n) is 7.47. The Labute approximate surface area is 180 Å². The third kappa shape index (κ3) is 2.82. The van der Waals surface area contributed by atoms with Crippen molar-refractivity contribution in [2.45, 2.75) is 85.3 Å². The van der Waals surface area contributed by atoms with Crippen molar-refractivity contribution in [2.24, 2.45) is 28.6 Å². The molecule has 0 radical (unpaired) electrons. The molecule has 4 aliphatic rings. The predicted molar refractivity (Wildman–Crippen MR) is 119 cm³/mol. The topological polar surface area (TPSA) is 55.1 Å². The standard InChI is InChI=1S/C26H36N2O2/c1-5-28-15-18(16(2)27-28)12-17-13-23-21-7-6-19-14-20(29)8-10-25(19,3)22(21)9-11-26(23,4)24(17)30/h6,12,15,20-23,29H,5,7-11,13-14H2,1-4H3/b17-12-/t20-,21-,22-,23-,25+,26+/m1/s1. The molecule has 1 aromatic rings. The van der Waals surface area contributed by atoms with Gasteiger partial charge in [0, 0.05) is 23.7 Å². The maximum Gasteiger partial charge on any atom is 0.165 e. The summed E-state index contributed by atoms with van der Waals surface area (Å²) in [4.78, 5) is 13.6. The molecule has 0 bridgehead atoms. The van der Waals surface area contributed by atoms with Crippen molar-refractivity contribution in [1.82, 2.24) is 9.78 Å². The van der Waals surface area contributed by atoms with Gasteiger partial charge in [0.2, 0.25) is 0 Å². The van der Waals surface area contributed by atoms with E-state index in [0.29, 0.717) is 23.5 Å². The molecule has 0 saturated heterocycles. The Balaban J connectivity index is 1.48. The highest BCUT2D eigenvalue weighted by atomic mass is 16.3. The van der Waals surface area contributed by atoms with Crippen LogP contribution in [0.4, 0.5) is 0 Å². The minimum absolute atomic E-state index is 0.162. The third-order valence-corrected chi connectivity index (χ3v) is 9.36. The second-order valence-corrected chi connectivity index (χ2v) is 10.8. The Morgan fingerprint density at radius 3 is 2.70 bits per heavy atom. The molecule has 5 rings (SSSR count). The van der Waals surface area contributed by atoms with Gasteiger partial charge in [0.05, 0.1) is 11.8 Å². The molecular formula is C26H36N2O2. The predicted octanol–water partition coefficient (Wildman–Crippen LogP) is 5.10. The van der Waals surface area contributed by atoms with E-state index in [9.17, 15) is 9.90 Å². The van der Waals surface area contributed by atoms with Crippen LogP contribution in [0.5, 0.6) is 0 Å².